The van der Waals surface area contributed by atoms with Gasteiger partial charge >= 0.3 is 6.03 Å². The molecule has 1 aromatic rings. The van der Waals surface area contributed by atoms with Crippen molar-refractivity contribution in [2.24, 2.45) is 0 Å². The highest BCUT2D eigenvalue weighted by molar-refractivity contribution is 5.74. The molecule has 6 nitrogen and oxygen atoms in total. The van der Waals surface area contributed by atoms with Gasteiger partial charge in [-0.2, -0.15) is 0 Å². The number of aliphatic hydroxyl groups excluding tert-OH is 2. The summed E-state index contributed by atoms with van der Waals surface area (Å²) in [7, 11) is 1.61. The van der Waals surface area contributed by atoms with E-state index in [1.54, 1.807) is 7.11 Å². The minimum absolute atomic E-state index is 0.125. The number of ether oxygens (including phenoxy) is 1. The van der Waals surface area contributed by atoms with Crippen LogP contribution < -0.4 is 10.1 Å². The van der Waals surface area contributed by atoms with Gasteiger partial charge in [0.15, 0.2) is 0 Å². The Hall–Kier alpha value is -1.79. The average molecular weight is 282 g/mol. The largest absolute Gasteiger partial charge is 0.496 e. The molecule has 0 fully saturated rings. The zero-order valence-corrected chi connectivity index (χ0v) is 11.7. The smallest absolute Gasteiger partial charge is 0.317 e. The van der Waals surface area contributed by atoms with Crippen molar-refractivity contribution in [2.75, 3.05) is 40.0 Å². The van der Waals surface area contributed by atoms with Gasteiger partial charge < -0.3 is 25.2 Å². The summed E-state index contributed by atoms with van der Waals surface area (Å²) in [5.41, 5.74) is 1.02. The van der Waals surface area contributed by atoms with Crippen molar-refractivity contribution in [2.45, 2.75) is 6.42 Å². The van der Waals surface area contributed by atoms with Crippen LogP contribution in [0.15, 0.2) is 24.3 Å². The number of aliphatic hydroxyl groups is 2. The lowest BCUT2D eigenvalue weighted by atomic mass is 10.1. The molecule has 0 heterocycles. The number of para-hydroxylation sites is 1. The molecule has 2 amide bonds. The molecule has 0 unspecified atom stereocenters. The van der Waals surface area contributed by atoms with E-state index in [2.05, 4.69) is 5.32 Å². The summed E-state index contributed by atoms with van der Waals surface area (Å²) in [5, 5.41) is 20.5. The van der Waals surface area contributed by atoms with Crippen molar-refractivity contribution < 1.29 is 19.7 Å². The number of urea groups is 1. The lowest BCUT2D eigenvalue weighted by Gasteiger charge is -2.21. The summed E-state index contributed by atoms with van der Waals surface area (Å²) in [5.74, 6) is 0.796. The van der Waals surface area contributed by atoms with Gasteiger partial charge in [0.1, 0.15) is 5.75 Å². The molecule has 6 heteroatoms. The van der Waals surface area contributed by atoms with Crippen LogP contribution in [0.3, 0.4) is 0 Å². The Morgan fingerprint density at radius 2 is 1.90 bits per heavy atom. The molecule has 0 bridgehead atoms. The van der Waals surface area contributed by atoms with E-state index in [1.807, 2.05) is 24.3 Å². The zero-order valence-electron chi connectivity index (χ0n) is 11.7. The SMILES string of the molecule is COc1ccccc1CCNC(=O)N(CCO)CCO. The van der Waals surface area contributed by atoms with E-state index < -0.39 is 0 Å². The molecule has 0 aliphatic rings. The number of rotatable bonds is 8. The minimum Gasteiger partial charge on any atom is -0.496 e. The first kappa shape index (κ1) is 16.3. The average Bonchev–Trinajstić information content (AvgIpc) is 2.47. The number of hydrogen-bond donors (Lipinski definition) is 3. The Morgan fingerprint density at radius 1 is 1.25 bits per heavy atom. The Labute approximate surface area is 119 Å². The molecule has 0 aliphatic heterocycles. The molecule has 0 aliphatic carbocycles. The van der Waals surface area contributed by atoms with Gasteiger partial charge in [-0.3, -0.25) is 0 Å². The minimum atomic E-state index is -0.289. The predicted molar refractivity (Wildman–Crippen MR) is 75.8 cm³/mol. The number of carbonyl (C=O) groups is 1. The predicted octanol–water partition coefficient (Wildman–Crippen LogP) is 0.234. The molecule has 1 rings (SSSR count). The highest BCUT2D eigenvalue weighted by atomic mass is 16.5. The Bertz CT molecular complexity index is 406. The van der Waals surface area contributed by atoms with Gasteiger partial charge in [-0.15, -0.1) is 0 Å². The summed E-state index contributed by atoms with van der Waals surface area (Å²) < 4.78 is 5.24. The molecule has 1 aromatic carbocycles. The topological polar surface area (TPSA) is 82.0 Å². The van der Waals surface area contributed by atoms with Gasteiger partial charge in [-0.25, -0.2) is 4.79 Å². The number of amides is 2. The van der Waals surface area contributed by atoms with Crippen LogP contribution >= 0.6 is 0 Å². The number of benzene rings is 1. The molecule has 0 saturated carbocycles. The first-order chi connectivity index (χ1) is 9.72. The standard InChI is InChI=1S/C14H22N2O4/c1-20-13-5-3-2-4-12(13)6-7-15-14(19)16(8-10-17)9-11-18/h2-5,17-18H,6-11H2,1H3,(H,15,19). The van der Waals surface area contributed by atoms with Crippen LogP contribution in [0.4, 0.5) is 4.79 Å². The summed E-state index contributed by atoms with van der Waals surface area (Å²) in [6, 6.07) is 7.35. The van der Waals surface area contributed by atoms with Crippen molar-refractivity contribution in [3.63, 3.8) is 0 Å². The molecular formula is C14H22N2O4. The highest BCUT2D eigenvalue weighted by Crippen LogP contribution is 2.17. The van der Waals surface area contributed by atoms with E-state index in [9.17, 15) is 4.79 Å². The second-order valence-electron chi connectivity index (χ2n) is 4.23. The first-order valence-corrected chi connectivity index (χ1v) is 6.59. The van der Waals surface area contributed by atoms with Gasteiger partial charge in [0.25, 0.3) is 0 Å². The summed E-state index contributed by atoms with van der Waals surface area (Å²) in [4.78, 5) is 13.2. The van der Waals surface area contributed by atoms with Crippen LogP contribution in [0, 0.1) is 0 Å². The third-order valence-corrected chi connectivity index (χ3v) is 2.89. The molecule has 0 saturated heterocycles. The van der Waals surface area contributed by atoms with Crippen LogP contribution in [0.2, 0.25) is 0 Å². The number of carbonyl (C=O) groups excluding carboxylic acids is 1. The van der Waals surface area contributed by atoms with Crippen molar-refractivity contribution in [3.05, 3.63) is 29.8 Å². The maximum atomic E-state index is 11.8. The zero-order chi connectivity index (χ0) is 14.8. The Balaban J connectivity index is 2.44. The molecule has 0 atom stereocenters. The number of hydrogen-bond acceptors (Lipinski definition) is 4. The number of nitrogens with zero attached hydrogens (tertiary/aromatic N) is 1. The Morgan fingerprint density at radius 3 is 2.50 bits per heavy atom. The van der Waals surface area contributed by atoms with Crippen molar-refractivity contribution in [3.8, 4) is 5.75 Å². The number of nitrogens with one attached hydrogen (secondary N) is 1. The number of methoxy groups -OCH3 is 1. The monoisotopic (exact) mass is 282 g/mol. The van der Waals surface area contributed by atoms with E-state index in [4.69, 9.17) is 14.9 Å². The fourth-order valence-corrected chi connectivity index (χ4v) is 1.88. The van der Waals surface area contributed by atoms with E-state index in [0.29, 0.717) is 13.0 Å². The van der Waals surface area contributed by atoms with E-state index >= 15 is 0 Å². The molecule has 0 radical (unpaired) electrons. The molecule has 112 valence electrons. The normalized spacial score (nSPS) is 10.2. The van der Waals surface area contributed by atoms with Crippen molar-refractivity contribution >= 4 is 6.03 Å². The van der Waals surface area contributed by atoms with E-state index in [-0.39, 0.29) is 32.3 Å². The van der Waals surface area contributed by atoms with Crippen molar-refractivity contribution in [1.82, 2.24) is 10.2 Å². The van der Waals surface area contributed by atoms with Gasteiger partial charge in [-0.1, -0.05) is 18.2 Å². The van der Waals surface area contributed by atoms with Crippen LogP contribution in [0.5, 0.6) is 5.75 Å². The second-order valence-corrected chi connectivity index (χ2v) is 4.23. The summed E-state index contributed by atoms with van der Waals surface area (Å²) in [6.07, 6.45) is 0.655. The van der Waals surface area contributed by atoms with Gasteiger partial charge in [0, 0.05) is 19.6 Å². The van der Waals surface area contributed by atoms with Gasteiger partial charge in [0.2, 0.25) is 0 Å². The third-order valence-electron chi connectivity index (χ3n) is 2.89. The summed E-state index contributed by atoms with van der Waals surface area (Å²) >= 11 is 0. The quantitative estimate of drug-likeness (QED) is 0.637. The molecule has 3 N–H and O–H groups in total. The third kappa shape index (κ3) is 5.07. The van der Waals surface area contributed by atoms with Gasteiger partial charge in [-0.05, 0) is 18.1 Å². The molecule has 0 aromatic heterocycles. The van der Waals surface area contributed by atoms with Crippen molar-refractivity contribution in [1.29, 1.82) is 0 Å². The van der Waals surface area contributed by atoms with Crippen LogP contribution in [0.1, 0.15) is 5.56 Å². The van der Waals surface area contributed by atoms with Crippen LogP contribution in [-0.4, -0.2) is 61.1 Å². The maximum Gasteiger partial charge on any atom is 0.317 e. The fourth-order valence-electron chi connectivity index (χ4n) is 1.88. The first-order valence-electron chi connectivity index (χ1n) is 6.59. The molecular weight excluding hydrogens is 260 g/mol. The fraction of sp³-hybridized carbons (Fsp3) is 0.500. The maximum absolute atomic E-state index is 11.8. The lowest BCUT2D eigenvalue weighted by Crippen LogP contribution is -2.43. The van der Waals surface area contributed by atoms with Crippen LogP contribution in [0.25, 0.3) is 0 Å². The van der Waals surface area contributed by atoms with Gasteiger partial charge in [0.05, 0.1) is 20.3 Å². The lowest BCUT2D eigenvalue weighted by molar-refractivity contribution is 0.158. The highest BCUT2D eigenvalue weighted by Gasteiger charge is 2.11. The van der Waals surface area contributed by atoms with E-state index in [1.165, 1.54) is 4.90 Å². The Kier molecular flexibility index (Phi) is 7.46. The molecule has 0 spiro atoms. The van der Waals surface area contributed by atoms with E-state index in [0.717, 1.165) is 11.3 Å². The second kappa shape index (κ2) is 9.17. The summed E-state index contributed by atoms with van der Waals surface area (Å²) in [6.45, 7) is 0.633. The molecule has 20 heavy (non-hydrogen) atoms. The van der Waals surface area contributed by atoms with Crippen LogP contribution in [-0.2, 0) is 6.42 Å².